The summed E-state index contributed by atoms with van der Waals surface area (Å²) in [5, 5.41) is 16.8. The summed E-state index contributed by atoms with van der Waals surface area (Å²) in [6.45, 7) is 1.54. The molecule has 0 bridgehead atoms. The Hall–Kier alpha value is -2.25. The number of rotatable bonds is 5. The number of carbonyl (C=O) groups excluding carboxylic acids is 1. The number of nitrogens with one attached hydrogen (secondary N) is 2. The van der Waals surface area contributed by atoms with Crippen LogP contribution in [0.5, 0.6) is 5.75 Å². The Morgan fingerprint density at radius 2 is 1.90 bits per heavy atom. The van der Waals surface area contributed by atoms with E-state index in [2.05, 4.69) is 25.5 Å². The molecular weight excluding hydrogens is 413 g/mol. The molecule has 0 spiro atoms. The van der Waals surface area contributed by atoms with Crippen LogP contribution in [0.4, 0.5) is 11.8 Å². The van der Waals surface area contributed by atoms with E-state index in [-0.39, 0.29) is 28.3 Å². The van der Waals surface area contributed by atoms with Crippen molar-refractivity contribution in [3.63, 3.8) is 0 Å². The molecule has 9 heteroatoms. The largest absolute Gasteiger partial charge is 0.506 e. The average molecular weight is 436 g/mol. The molecule has 2 aliphatic rings. The van der Waals surface area contributed by atoms with Gasteiger partial charge in [-0.3, -0.25) is 4.79 Å². The van der Waals surface area contributed by atoms with Gasteiger partial charge in [-0.05, 0) is 50.3 Å². The van der Waals surface area contributed by atoms with Crippen LogP contribution in [0.25, 0.3) is 0 Å². The van der Waals surface area contributed by atoms with E-state index in [1.165, 1.54) is 31.4 Å². The number of aromatic nitrogens is 2. The minimum absolute atomic E-state index is 0.00492. The number of hydrogen-bond acceptors (Lipinski definition) is 6. The molecule has 1 amide bonds. The molecule has 29 heavy (non-hydrogen) atoms. The van der Waals surface area contributed by atoms with E-state index in [1.807, 2.05) is 6.07 Å². The molecule has 1 aliphatic heterocycles. The minimum atomic E-state index is -0.376. The first-order valence-corrected chi connectivity index (χ1v) is 10.6. The Bertz CT molecular complexity index is 898. The zero-order valence-corrected chi connectivity index (χ0v) is 17.4. The van der Waals surface area contributed by atoms with Gasteiger partial charge in [-0.15, -0.1) is 0 Å². The summed E-state index contributed by atoms with van der Waals surface area (Å²) in [7, 11) is 0. The lowest BCUT2D eigenvalue weighted by atomic mass is 9.93. The highest BCUT2D eigenvalue weighted by Gasteiger charge is 2.24. The van der Waals surface area contributed by atoms with Gasteiger partial charge in [0.1, 0.15) is 11.6 Å². The first-order chi connectivity index (χ1) is 14.0. The van der Waals surface area contributed by atoms with Gasteiger partial charge in [-0.1, -0.05) is 23.2 Å². The molecule has 7 nitrogen and oxygen atoms in total. The van der Waals surface area contributed by atoms with Crippen molar-refractivity contribution >= 4 is 40.9 Å². The molecule has 3 N–H and O–H groups in total. The van der Waals surface area contributed by atoms with Crippen LogP contribution < -0.4 is 15.5 Å². The number of phenolic OH excluding ortho intramolecular Hbond substituents is 1. The standard InChI is InChI=1S/C20H23Cl2N5O2/c21-12-10-15(18(28)16(22)11-12)19(29)24-14-5-8-27(9-6-14)17-4-7-23-20(26-17)25-13-2-1-3-13/h4,7,10-11,13-14,28H,1-3,5-6,8-9H2,(H,24,29)(H,23,25,26). The molecule has 1 saturated heterocycles. The SMILES string of the molecule is O=C(NC1CCN(c2ccnc(NC3CCC3)n2)CC1)c1cc(Cl)cc(Cl)c1O. The van der Waals surface area contributed by atoms with Gasteiger partial charge in [0.25, 0.3) is 5.91 Å². The van der Waals surface area contributed by atoms with Gasteiger partial charge in [0.2, 0.25) is 5.95 Å². The summed E-state index contributed by atoms with van der Waals surface area (Å²) in [4.78, 5) is 23.7. The lowest BCUT2D eigenvalue weighted by Crippen LogP contribution is -2.45. The second-order valence-corrected chi connectivity index (χ2v) is 8.37. The van der Waals surface area contributed by atoms with Crippen LogP contribution in [-0.2, 0) is 0 Å². The van der Waals surface area contributed by atoms with Crippen molar-refractivity contribution in [2.24, 2.45) is 0 Å². The quantitative estimate of drug-likeness (QED) is 0.660. The Morgan fingerprint density at radius 1 is 1.14 bits per heavy atom. The smallest absolute Gasteiger partial charge is 0.255 e. The van der Waals surface area contributed by atoms with Crippen LogP contribution >= 0.6 is 23.2 Å². The molecule has 0 unspecified atom stereocenters. The molecule has 2 heterocycles. The summed E-state index contributed by atoms with van der Waals surface area (Å²) in [6.07, 6.45) is 6.93. The van der Waals surface area contributed by atoms with Crippen molar-refractivity contribution < 1.29 is 9.90 Å². The maximum absolute atomic E-state index is 12.5. The van der Waals surface area contributed by atoms with E-state index < -0.39 is 0 Å². The van der Waals surface area contributed by atoms with E-state index in [0.717, 1.165) is 31.7 Å². The second kappa shape index (κ2) is 8.63. The lowest BCUT2D eigenvalue weighted by molar-refractivity contribution is 0.0928. The monoisotopic (exact) mass is 435 g/mol. The molecular formula is C20H23Cl2N5O2. The highest BCUT2D eigenvalue weighted by Crippen LogP contribution is 2.31. The molecule has 2 aromatic rings. The van der Waals surface area contributed by atoms with Crippen LogP contribution in [0, 0.1) is 0 Å². The summed E-state index contributed by atoms with van der Waals surface area (Å²) >= 11 is 11.9. The van der Waals surface area contributed by atoms with Crippen molar-refractivity contribution in [1.82, 2.24) is 15.3 Å². The van der Waals surface area contributed by atoms with Gasteiger partial charge in [0.05, 0.1) is 10.6 Å². The Morgan fingerprint density at radius 3 is 2.59 bits per heavy atom. The second-order valence-electron chi connectivity index (χ2n) is 7.53. The zero-order chi connectivity index (χ0) is 20.4. The zero-order valence-electron chi connectivity index (χ0n) is 15.9. The van der Waals surface area contributed by atoms with E-state index in [4.69, 9.17) is 23.2 Å². The first kappa shape index (κ1) is 20.0. The number of phenols is 1. The number of halogens is 2. The van der Waals surface area contributed by atoms with Gasteiger partial charge < -0.3 is 20.6 Å². The van der Waals surface area contributed by atoms with E-state index in [0.29, 0.717) is 17.0 Å². The highest BCUT2D eigenvalue weighted by molar-refractivity contribution is 6.36. The number of aromatic hydroxyl groups is 1. The molecule has 2 fully saturated rings. The van der Waals surface area contributed by atoms with Gasteiger partial charge >= 0.3 is 0 Å². The maximum Gasteiger partial charge on any atom is 0.255 e. The third-order valence-electron chi connectivity index (χ3n) is 5.51. The number of anilines is 2. The van der Waals surface area contributed by atoms with Crippen LogP contribution in [0.1, 0.15) is 42.5 Å². The summed E-state index contributed by atoms with van der Waals surface area (Å²) < 4.78 is 0. The molecule has 4 rings (SSSR count). The molecule has 1 saturated carbocycles. The fourth-order valence-electron chi connectivity index (χ4n) is 3.59. The van der Waals surface area contributed by atoms with Crippen LogP contribution in [0.3, 0.4) is 0 Å². The average Bonchev–Trinajstić information content (AvgIpc) is 2.68. The van der Waals surface area contributed by atoms with Crippen molar-refractivity contribution in [1.29, 1.82) is 0 Å². The minimum Gasteiger partial charge on any atom is -0.506 e. The van der Waals surface area contributed by atoms with Crippen LogP contribution in [0.2, 0.25) is 10.0 Å². The number of piperidine rings is 1. The third-order valence-corrected chi connectivity index (χ3v) is 6.01. The van der Waals surface area contributed by atoms with Crippen molar-refractivity contribution in [3.05, 3.63) is 40.0 Å². The van der Waals surface area contributed by atoms with E-state index >= 15 is 0 Å². The molecule has 0 radical (unpaired) electrons. The van der Waals surface area contributed by atoms with Gasteiger partial charge in [-0.2, -0.15) is 4.98 Å². The Balaban J connectivity index is 1.34. The van der Waals surface area contributed by atoms with E-state index in [1.54, 1.807) is 6.20 Å². The summed E-state index contributed by atoms with van der Waals surface area (Å²) in [5.74, 6) is 0.944. The van der Waals surface area contributed by atoms with Crippen LogP contribution in [0.15, 0.2) is 24.4 Å². The number of carbonyl (C=O) groups is 1. The highest BCUT2D eigenvalue weighted by atomic mass is 35.5. The van der Waals surface area contributed by atoms with Gasteiger partial charge in [0, 0.05) is 36.4 Å². The van der Waals surface area contributed by atoms with Gasteiger partial charge in [0.15, 0.2) is 0 Å². The summed E-state index contributed by atoms with van der Waals surface area (Å²) in [5.41, 5.74) is 0.0902. The molecule has 154 valence electrons. The van der Waals surface area contributed by atoms with Crippen LogP contribution in [-0.4, -0.2) is 46.2 Å². The van der Waals surface area contributed by atoms with Crippen molar-refractivity contribution in [2.45, 2.75) is 44.2 Å². The summed E-state index contributed by atoms with van der Waals surface area (Å²) in [6, 6.07) is 5.23. The molecule has 1 aromatic heterocycles. The fraction of sp³-hybridized carbons (Fsp3) is 0.450. The topological polar surface area (TPSA) is 90.4 Å². The van der Waals surface area contributed by atoms with Gasteiger partial charge in [-0.25, -0.2) is 4.98 Å². The number of benzene rings is 1. The van der Waals surface area contributed by atoms with E-state index in [9.17, 15) is 9.90 Å². The molecule has 0 atom stereocenters. The molecule has 1 aliphatic carbocycles. The first-order valence-electron chi connectivity index (χ1n) is 9.83. The van der Waals surface area contributed by atoms with Crippen molar-refractivity contribution in [2.75, 3.05) is 23.3 Å². The number of nitrogens with zero attached hydrogens (tertiary/aromatic N) is 3. The predicted molar refractivity (Wildman–Crippen MR) is 114 cm³/mol. The number of hydrogen-bond donors (Lipinski definition) is 3. The van der Waals surface area contributed by atoms with Crippen molar-refractivity contribution in [3.8, 4) is 5.75 Å². The molecule has 1 aromatic carbocycles. The lowest BCUT2D eigenvalue weighted by Gasteiger charge is -2.33. The Kier molecular flexibility index (Phi) is 5.96. The normalized spacial score (nSPS) is 17.7. The number of amides is 1. The Labute approximate surface area is 179 Å². The third kappa shape index (κ3) is 4.67. The predicted octanol–water partition coefficient (Wildman–Crippen LogP) is 3.85. The maximum atomic E-state index is 12.5. The fourth-order valence-corrected chi connectivity index (χ4v) is 4.08.